The average Bonchev–Trinajstić information content (AvgIpc) is 2.70. The molecule has 1 aromatic heterocycles. The monoisotopic (exact) mass is 288 g/mol. The summed E-state index contributed by atoms with van der Waals surface area (Å²) in [6, 6.07) is 0. The van der Waals surface area contributed by atoms with Crippen LogP contribution in [0.1, 0.15) is 13.2 Å². The molecule has 9 heteroatoms. The van der Waals surface area contributed by atoms with Gasteiger partial charge in [-0.15, -0.1) is 0 Å². The van der Waals surface area contributed by atoms with Crippen molar-refractivity contribution in [2.45, 2.75) is 31.5 Å². The number of ether oxygens (including phenoxy) is 2. The molecule has 0 aromatic carbocycles. The van der Waals surface area contributed by atoms with Gasteiger partial charge in [0.15, 0.2) is 6.23 Å². The highest BCUT2D eigenvalue weighted by Crippen LogP contribution is 2.28. The van der Waals surface area contributed by atoms with Crippen molar-refractivity contribution in [2.24, 2.45) is 0 Å². The molecule has 1 aromatic rings. The SMILES string of the molecule is CCOc1cn([C@H]2O[C@@H](CO)C(O)C2O)c(=O)[nH]c1=O. The molecule has 0 bridgehead atoms. The van der Waals surface area contributed by atoms with Gasteiger partial charge in [-0.05, 0) is 6.92 Å². The number of rotatable bonds is 4. The fraction of sp³-hybridized carbons (Fsp3) is 0.636. The Bertz CT molecular complexity index is 581. The van der Waals surface area contributed by atoms with Crippen LogP contribution in [0.3, 0.4) is 0 Å². The molecule has 4 atom stereocenters. The summed E-state index contributed by atoms with van der Waals surface area (Å²) in [5.74, 6) is -0.107. The Balaban J connectivity index is 2.40. The fourth-order valence-electron chi connectivity index (χ4n) is 2.02. The molecule has 1 aliphatic heterocycles. The van der Waals surface area contributed by atoms with Gasteiger partial charge in [-0.2, -0.15) is 0 Å². The minimum atomic E-state index is -1.41. The van der Waals surface area contributed by atoms with Crippen LogP contribution in [0.4, 0.5) is 0 Å². The number of nitrogens with one attached hydrogen (secondary N) is 1. The maximum absolute atomic E-state index is 11.7. The fourth-order valence-corrected chi connectivity index (χ4v) is 2.02. The topological polar surface area (TPSA) is 134 Å². The first kappa shape index (κ1) is 14.7. The second kappa shape index (κ2) is 5.75. The van der Waals surface area contributed by atoms with Crippen molar-refractivity contribution < 1.29 is 24.8 Å². The number of H-pyrrole nitrogens is 1. The molecule has 0 amide bonds. The average molecular weight is 288 g/mol. The minimum absolute atomic E-state index is 0.107. The van der Waals surface area contributed by atoms with Gasteiger partial charge in [0.25, 0.3) is 5.56 Å². The van der Waals surface area contributed by atoms with Crippen molar-refractivity contribution >= 4 is 0 Å². The first-order chi connectivity index (χ1) is 9.49. The number of hydrogen-bond acceptors (Lipinski definition) is 7. The van der Waals surface area contributed by atoms with Crippen LogP contribution in [0.2, 0.25) is 0 Å². The van der Waals surface area contributed by atoms with Crippen molar-refractivity contribution in [3.63, 3.8) is 0 Å². The Labute approximate surface area is 113 Å². The van der Waals surface area contributed by atoms with Crippen molar-refractivity contribution in [1.29, 1.82) is 0 Å². The van der Waals surface area contributed by atoms with E-state index in [4.69, 9.17) is 14.6 Å². The second-order valence-electron chi connectivity index (χ2n) is 4.32. The van der Waals surface area contributed by atoms with E-state index in [9.17, 15) is 19.8 Å². The molecule has 4 N–H and O–H groups in total. The normalized spacial score (nSPS) is 29.6. The maximum atomic E-state index is 11.7. The van der Waals surface area contributed by atoms with Crippen LogP contribution >= 0.6 is 0 Å². The molecule has 112 valence electrons. The van der Waals surface area contributed by atoms with E-state index >= 15 is 0 Å². The molecule has 2 rings (SSSR count). The molecule has 20 heavy (non-hydrogen) atoms. The Morgan fingerprint density at radius 3 is 2.65 bits per heavy atom. The third-order valence-corrected chi connectivity index (χ3v) is 3.03. The van der Waals surface area contributed by atoms with E-state index < -0.39 is 42.4 Å². The van der Waals surface area contributed by atoms with Crippen LogP contribution in [0.5, 0.6) is 5.75 Å². The quantitative estimate of drug-likeness (QED) is 0.483. The zero-order chi connectivity index (χ0) is 14.9. The summed E-state index contributed by atoms with van der Waals surface area (Å²) in [4.78, 5) is 25.3. The molecule has 2 heterocycles. The maximum Gasteiger partial charge on any atom is 0.330 e. The van der Waals surface area contributed by atoms with Crippen LogP contribution in [0, 0.1) is 0 Å². The van der Waals surface area contributed by atoms with Gasteiger partial charge in [0, 0.05) is 0 Å². The molecule has 1 aliphatic rings. The third-order valence-electron chi connectivity index (χ3n) is 3.03. The largest absolute Gasteiger partial charge is 0.487 e. The van der Waals surface area contributed by atoms with Gasteiger partial charge in [0.1, 0.15) is 18.3 Å². The number of hydrogen-bond donors (Lipinski definition) is 4. The summed E-state index contributed by atoms with van der Waals surface area (Å²) in [6.45, 7) is 1.38. The summed E-state index contributed by atoms with van der Waals surface area (Å²) < 4.78 is 11.2. The van der Waals surface area contributed by atoms with E-state index in [1.54, 1.807) is 6.92 Å². The molecule has 0 radical (unpaired) electrons. The molecular weight excluding hydrogens is 272 g/mol. The van der Waals surface area contributed by atoms with Gasteiger partial charge < -0.3 is 24.8 Å². The number of aromatic amines is 1. The van der Waals surface area contributed by atoms with E-state index in [1.165, 1.54) is 0 Å². The van der Waals surface area contributed by atoms with Gasteiger partial charge in [-0.1, -0.05) is 0 Å². The highest BCUT2D eigenvalue weighted by atomic mass is 16.6. The van der Waals surface area contributed by atoms with Gasteiger partial charge in [-0.3, -0.25) is 14.3 Å². The Morgan fingerprint density at radius 2 is 2.10 bits per heavy atom. The van der Waals surface area contributed by atoms with Gasteiger partial charge in [0.2, 0.25) is 5.75 Å². The van der Waals surface area contributed by atoms with E-state index in [-0.39, 0.29) is 12.4 Å². The highest BCUT2D eigenvalue weighted by molar-refractivity contribution is 5.13. The summed E-state index contributed by atoms with van der Waals surface area (Å²) in [6.07, 6.45) is -3.87. The third kappa shape index (κ3) is 2.48. The standard InChI is InChI=1S/C11H16N2O7/c1-2-19-5-3-13(11(18)12-9(5)17)10-8(16)7(15)6(4-14)20-10/h3,6-8,10,14-16H,2,4H2,1H3,(H,12,17,18)/t6-,7?,8?,10-/m0/s1. The molecule has 1 fully saturated rings. The lowest BCUT2D eigenvalue weighted by Crippen LogP contribution is -2.38. The molecule has 2 unspecified atom stereocenters. The van der Waals surface area contributed by atoms with Crippen molar-refractivity contribution in [2.75, 3.05) is 13.2 Å². The predicted molar refractivity (Wildman–Crippen MR) is 65.5 cm³/mol. The molecule has 0 aliphatic carbocycles. The zero-order valence-electron chi connectivity index (χ0n) is 10.7. The van der Waals surface area contributed by atoms with Gasteiger partial charge in [0.05, 0.1) is 19.4 Å². The minimum Gasteiger partial charge on any atom is -0.487 e. The Morgan fingerprint density at radius 1 is 1.40 bits per heavy atom. The van der Waals surface area contributed by atoms with Crippen LogP contribution in [0.15, 0.2) is 15.8 Å². The van der Waals surface area contributed by atoms with E-state index in [2.05, 4.69) is 0 Å². The van der Waals surface area contributed by atoms with Crippen LogP contribution in [-0.4, -0.2) is 56.4 Å². The number of aromatic nitrogens is 2. The van der Waals surface area contributed by atoms with Crippen molar-refractivity contribution in [1.82, 2.24) is 9.55 Å². The summed E-state index contributed by atoms with van der Waals surface area (Å²) in [5, 5.41) is 28.5. The van der Waals surface area contributed by atoms with Crippen LogP contribution in [0.25, 0.3) is 0 Å². The number of nitrogens with zero attached hydrogens (tertiary/aromatic N) is 1. The number of aliphatic hydroxyl groups is 3. The molecular formula is C11H16N2O7. The van der Waals surface area contributed by atoms with E-state index in [0.29, 0.717) is 0 Å². The van der Waals surface area contributed by atoms with Crippen LogP contribution < -0.4 is 16.0 Å². The first-order valence-electron chi connectivity index (χ1n) is 6.10. The summed E-state index contributed by atoms with van der Waals surface area (Å²) >= 11 is 0. The Hall–Kier alpha value is -1.68. The second-order valence-corrected chi connectivity index (χ2v) is 4.32. The van der Waals surface area contributed by atoms with Crippen molar-refractivity contribution in [3.05, 3.63) is 27.0 Å². The lowest BCUT2D eigenvalue weighted by molar-refractivity contribution is -0.0553. The predicted octanol–water partition coefficient (Wildman–Crippen LogP) is -2.45. The molecule has 9 nitrogen and oxygen atoms in total. The number of aliphatic hydroxyl groups excluding tert-OH is 3. The van der Waals surface area contributed by atoms with Crippen molar-refractivity contribution in [3.8, 4) is 5.75 Å². The highest BCUT2D eigenvalue weighted by Gasteiger charge is 2.43. The van der Waals surface area contributed by atoms with E-state index in [1.807, 2.05) is 4.98 Å². The van der Waals surface area contributed by atoms with Gasteiger partial charge in [-0.25, -0.2) is 4.79 Å². The lowest BCUT2D eigenvalue weighted by Gasteiger charge is -2.17. The Kier molecular flexibility index (Phi) is 4.23. The lowest BCUT2D eigenvalue weighted by atomic mass is 10.1. The zero-order valence-corrected chi connectivity index (χ0v) is 10.7. The van der Waals surface area contributed by atoms with E-state index in [0.717, 1.165) is 10.8 Å². The molecule has 0 spiro atoms. The summed E-state index contributed by atoms with van der Waals surface area (Å²) in [7, 11) is 0. The molecule has 0 saturated carbocycles. The smallest absolute Gasteiger partial charge is 0.330 e. The van der Waals surface area contributed by atoms with Gasteiger partial charge >= 0.3 is 5.69 Å². The first-order valence-corrected chi connectivity index (χ1v) is 6.10. The summed E-state index contributed by atoms with van der Waals surface area (Å²) in [5.41, 5.74) is -1.51. The molecule has 1 saturated heterocycles. The van der Waals surface area contributed by atoms with Crippen LogP contribution in [-0.2, 0) is 4.74 Å².